The van der Waals surface area contributed by atoms with Gasteiger partial charge in [0, 0.05) is 18.0 Å². The SMILES string of the molecule is CC(Sc1nccc(C(F)(F)F)n1)C(=O)Nc1ccc2c(c1)OCCO2. The fourth-order valence-corrected chi connectivity index (χ4v) is 2.89. The molecule has 138 valence electrons. The van der Waals surface area contributed by atoms with Gasteiger partial charge in [-0.15, -0.1) is 0 Å². The number of fused-ring (bicyclic) bond motifs is 1. The van der Waals surface area contributed by atoms with Gasteiger partial charge in [-0.05, 0) is 25.1 Å². The third-order valence-corrected chi connectivity index (χ3v) is 4.36. The third-order valence-electron chi connectivity index (χ3n) is 3.39. The zero-order valence-corrected chi connectivity index (χ0v) is 14.4. The van der Waals surface area contributed by atoms with Crippen LogP contribution in [0.4, 0.5) is 18.9 Å². The number of ether oxygens (including phenoxy) is 2. The summed E-state index contributed by atoms with van der Waals surface area (Å²) in [6, 6.07) is 5.75. The van der Waals surface area contributed by atoms with Gasteiger partial charge in [0.15, 0.2) is 16.7 Å². The van der Waals surface area contributed by atoms with Crippen LogP contribution in [0.25, 0.3) is 0 Å². The van der Waals surface area contributed by atoms with Gasteiger partial charge < -0.3 is 14.8 Å². The maximum Gasteiger partial charge on any atom is 0.433 e. The summed E-state index contributed by atoms with van der Waals surface area (Å²) in [5, 5.41) is 1.86. The maximum absolute atomic E-state index is 12.7. The van der Waals surface area contributed by atoms with E-state index in [1.54, 1.807) is 25.1 Å². The Morgan fingerprint density at radius 3 is 2.69 bits per heavy atom. The summed E-state index contributed by atoms with van der Waals surface area (Å²) in [5.41, 5.74) is -0.550. The molecular formula is C16H14F3N3O3S. The lowest BCUT2D eigenvalue weighted by atomic mass is 10.2. The third kappa shape index (κ3) is 4.37. The minimum atomic E-state index is -4.56. The molecule has 1 N–H and O–H groups in total. The number of alkyl halides is 3. The number of carbonyl (C=O) groups excluding carboxylic acids is 1. The fraction of sp³-hybridized carbons (Fsp3) is 0.312. The Hall–Kier alpha value is -2.49. The molecule has 0 saturated heterocycles. The first-order chi connectivity index (χ1) is 12.3. The Bertz CT molecular complexity index is 817. The van der Waals surface area contributed by atoms with E-state index in [2.05, 4.69) is 15.3 Å². The highest BCUT2D eigenvalue weighted by Gasteiger charge is 2.33. The summed E-state index contributed by atoms with van der Waals surface area (Å²) in [6.45, 7) is 2.44. The number of anilines is 1. The molecule has 1 aliphatic heterocycles. The van der Waals surface area contributed by atoms with E-state index in [4.69, 9.17) is 9.47 Å². The molecule has 0 saturated carbocycles. The van der Waals surface area contributed by atoms with Gasteiger partial charge in [0.1, 0.15) is 18.9 Å². The molecule has 0 radical (unpaired) electrons. The van der Waals surface area contributed by atoms with E-state index in [1.807, 2.05) is 0 Å². The number of nitrogens with one attached hydrogen (secondary N) is 1. The van der Waals surface area contributed by atoms with Crippen molar-refractivity contribution >= 4 is 23.4 Å². The first kappa shape index (κ1) is 18.3. The van der Waals surface area contributed by atoms with Crippen molar-refractivity contribution < 1.29 is 27.4 Å². The Labute approximate surface area is 151 Å². The molecule has 0 bridgehead atoms. The summed E-state index contributed by atoms with van der Waals surface area (Å²) in [5.74, 6) is 0.720. The van der Waals surface area contributed by atoms with Gasteiger partial charge in [0.2, 0.25) is 5.91 Å². The van der Waals surface area contributed by atoms with E-state index >= 15 is 0 Å². The van der Waals surface area contributed by atoms with Crippen molar-refractivity contribution in [3.05, 3.63) is 36.2 Å². The Kier molecular flexibility index (Phi) is 5.21. The second-order valence-corrected chi connectivity index (χ2v) is 6.64. The molecule has 2 heterocycles. The number of nitrogens with zero attached hydrogens (tertiary/aromatic N) is 2. The van der Waals surface area contributed by atoms with Crippen molar-refractivity contribution in [1.29, 1.82) is 0 Å². The van der Waals surface area contributed by atoms with Crippen LogP contribution in [0.5, 0.6) is 11.5 Å². The summed E-state index contributed by atoms with van der Waals surface area (Å²) in [4.78, 5) is 19.5. The molecule has 6 nitrogen and oxygen atoms in total. The Morgan fingerprint density at radius 1 is 1.23 bits per heavy atom. The predicted molar refractivity (Wildman–Crippen MR) is 88.4 cm³/mol. The minimum absolute atomic E-state index is 0.121. The maximum atomic E-state index is 12.7. The molecule has 10 heteroatoms. The van der Waals surface area contributed by atoms with E-state index in [0.29, 0.717) is 30.4 Å². The first-order valence-electron chi connectivity index (χ1n) is 7.60. The van der Waals surface area contributed by atoms with E-state index in [1.165, 1.54) is 0 Å². The molecule has 0 aliphatic carbocycles. The van der Waals surface area contributed by atoms with Gasteiger partial charge in [-0.25, -0.2) is 9.97 Å². The Balaban J connectivity index is 1.65. The standard InChI is InChI=1S/C16H14F3N3O3S/c1-9(26-15-20-5-4-13(22-15)16(17,18)19)14(23)21-10-2-3-11-12(8-10)25-7-6-24-11/h2-5,8-9H,6-7H2,1H3,(H,21,23). The van der Waals surface area contributed by atoms with Crippen molar-refractivity contribution in [3.8, 4) is 11.5 Å². The van der Waals surface area contributed by atoms with Crippen molar-refractivity contribution in [3.63, 3.8) is 0 Å². The zero-order valence-electron chi connectivity index (χ0n) is 13.5. The van der Waals surface area contributed by atoms with Crippen LogP contribution in [0.1, 0.15) is 12.6 Å². The number of hydrogen-bond donors (Lipinski definition) is 1. The molecule has 1 atom stereocenters. The number of rotatable bonds is 4. The topological polar surface area (TPSA) is 73.3 Å². The highest BCUT2D eigenvalue weighted by molar-refractivity contribution is 8.00. The van der Waals surface area contributed by atoms with Gasteiger partial charge in [-0.2, -0.15) is 13.2 Å². The van der Waals surface area contributed by atoms with E-state index in [-0.39, 0.29) is 5.16 Å². The molecule has 1 amide bonds. The number of carbonyl (C=O) groups is 1. The van der Waals surface area contributed by atoms with Gasteiger partial charge in [0.25, 0.3) is 0 Å². The number of thioether (sulfide) groups is 1. The lowest BCUT2D eigenvalue weighted by molar-refractivity contribution is -0.141. The lowest BCUT2D eigenvalue weighted by Gasteiger charge is -2.19. The van der Waals surface area contributed by atoms with Crippen LogP contribution in [-0.4, -0.2) is 34.3 Å². The summed E-state index contributed by atoms with van der Waals surface area (Å²) in [6.07, 6.45) is -3.54. The van der Waals surface area contributed by atoms with Gasteiger partial charge >= 0.3 is 6.18 Å². The number of benzene rings is 1. The van der Waals surface area contributed by atoms with E-state index in [9.17, 15) is 18.0 Å². The van der Waals surface area contributed by atoms with Crippen molar-refractivity contribution in [2.24, 2.45) is 0 Å². The zero-order chi connectivity index (χ0) is 18.7. The van der Waals surface area contributed by atoms with Crippen molar-refractivity contribution in [2.75, 3.05) is 18.5 Å². The van der Waals surface area contributed by atoms with E-state index in [0.717, 1.165) is 24.0 Å². The second-order valence-electron chi connectivity index (χ2n) is 5.33. The fourth-order valence-electron chi connectivity index (χ4n) is 2.13. The Morgan fingerprint density at radius 2 is 1.96 bits per heavy atom. The highest BCUT2D eigenvalue weighted by atomic mass is 32.2. The highest BCUT2D eigenvalue weighted by Crippen LogP contribution is 2.33. The largest absolute Gasteiger partial charge is 0.486 e. The predicted octanol–water partition coefficient (Wildman–Crippen LogP) is 3.39. The number of amides is 1. The summed E-state index contributed by atoms with van der Waals surface area (Å²) >= 11 is 0.840. The average Bonchev–Trinajstić information content (AvgIpc) is 2.61. The molecule has 1 unspecified atom stereocenters. The molecule has 1 aromatic heterocycles. The molecule has 1 aliphatic rings. The van der Waals surface area contributed by atoms with Crippen LogP contribution >= 0.6 is 11.8 Å². The summed E-state index contributed by atoms with van der Waals surface area (Å²) in [7, 11) is 0. The van der Waals surface area contributed by atoms with Crippen LogP contribution in [0, 0.1) is 0 Å². The molecule has 0 spiro atoms. The number of halogens is 3. The molecule has 1 aromatic carbocycles. The van der Waals surface area contributed by atoms with Crippen LogP contribution in [-0.2, 0) is 11.0 Å². The molecule has 0 fully saturated rings. The normalized spacial score (nSPS) is 14.6. The van der Waals surface area contributed by atoms with Crippen LogP contribution in [0.3, 0.4) is 0 Å². The lowest BCUT2D eigenvalue weighted by Crippen LogP contribution is -2.23. The van der Waals surface area contributed by atoms with Crippen molar-refractivity contribution in [1.82, 2.24) is 9.97 Å². The quantitative estimate of drug-likeness (QED) is 0.643. The van der Waals surface area contributed by atoms with Crippen LogP contribution in [0.15, 0.2) is 35.6 Å². The molecule has 2 aromatic rings. The van der Waals surface area contributed by atoms with Gasteiger partial charge in [-0.3, -0.25) is 4.79 Å². The summed E-state index contributed by atoms with van der Waals surface area (Å²) < 4.78 is 48.9. The monoisotopic (exact) mass is 385 g/mol. The van der Waals surface area contributed by atoms with Gasteiger partial charge in [-0.1, -0.05) is 11.8 Å². The van der Waals surface area contributed by atoms with Crippen LogP contribution in [0.2, 0.25) is 0 Å². The second kappa shape index (κ2) is 7.40. The smallest absolute Gasteiger partial charge is 0.433 e. The molecule has 26 heavy (non-hydrogen) atoms. The number of hydrogen-bond acceptors (Lipinski definition) is 6. The molecular weight excluding hydrogens is 371 g/mol. The van der Waals surface area contributed by atoms with E-state index < -0.39 is 23.0 Å². The molecule has 3 rings (SSSR count). The first-order valence-corrected chi connectivity index (χ1v) is 8.48. The minimum Gasteiger partial charge on any atom is -0.486 e. The number of aromatic nitrogens is 2. The van der Waals surface area contributed by atoms with Crippen molar-refractivity contribution in [2.45, 2.75) is 23.5 Å². The average molecular weight is 385 g/mol. The van der Waals surface area contributed by atoms with Crippen LogP contribution < -0.4 is 14.8 Å². The van der Waals surface area contributed by atoms with Gasteiger partial charge in [0.05, 0.1) is 5.25 Å².